The summed E-state index contributed by atoms with van der Waals surface area (Å²) in [5.41, 5.74) is 1.93. The van der Waals surface area contributed by atoms with E-state index in [-0.39, 0.29) is 18.0 Å². The Morgan fingerprint density at radius 1 is 1.15 bits per heavy atom. The van der Waals surface area contributed by atoms with Crippen molar-refractivity contribution in [3.05, 3.63) is 54.0 Å². The first-order valence-electron chi connectivity index (χ1n) is 6.73. The molecule has 0 spiro atoms. The molecule has 0 fully saturated rings. The van der Waals surface area contributed by atoms with E-state index in [2.05, 4.69) is 24.5 Å². The van der Waals surface area contributed by atoms with Gasteiger partial charge in [-0.25, -0.2) is 0 Å². The zero-order valence-corrected chi connectivity index (χ0v) is 12.0. The summed E-state index contributed by atoms with van der Waals surface area (Å²) < 4.78 is 5.39. The molecule has 20 heavy (non-hydrogen) atoms. The number of carbonyl (C=O) groups excluding carboxylic acids is 1. The zero-order chi connectivity index (χ0) is 14.5. The van der Waals surface area contributed by atoms with Crippen molar-refractivity contribution >= 4 is 11.6 Å². The second-order valence-corrected chi connectivity index (χ2v) is 4.93. The highest BCUT2D eigenvalue weighted by atomic mass is 16.3. The summed E-state index contributed by atoms with van der Waals surface area (Å²) in [6, 6.07) is 12.0. The average Bonchev–Trinajstić information content (AvgIpc) is 2.92. The molecule has 0 aliphatic heterocycles. The number of furan rings is 1. The lowest BCUT2D eigenvalue weighted by Gasteiger charge is -2.19. The van der Waals surface area contributed by atoms with E-state index in [1.807, 2.05) is 36.4 Å². The summed E-state index contributed by atoms with van der Waals surface area (Å²) in [6.45, 7) is 5.66. The van der Waals surface area contributed by atoms with Gasteiger partial charge >= 0.3 is 0 Å². The van der Waals surface area contributed by atoms with E-state index in [9.17, 15) is 4.79 Å². The summed E-state index contributed by atoms with van der Waals surface area (Å²) in [7, 11) is 0. The summed E-state index contributed by atoms with van der Waals surface area (Å²) in [6.07, 6.45) is 1.68. The molecule has 0 aliphatic carbocycles. The quantitative estimate of drug-likeness (QED) is 0.873. The fourth-order valence-electron chi connectivity index (χ4n) is 2.18. The molecule has 0 bridgehead atoms. The molecule has 0 saturated carbocycles. The Labute approximate surface area is 119 Å². The van der Waals surface area contributed by atoms with Gasteiger partial charge in [0, 0.05) is 18.7 Å². The van der Waals surface area contributed by atoms with E-state index >= 15 is 0 Å². The van der Waals surface area contributed by atoms with Crippen molar-refractivity contribution in [3.63, 3.8) is 0 Å². The van der Waals surface area contributed by atoms with Gasteiger partial charge in [-0.15, -0.1) is 0 Å². The lowest BCUT2D eigenvalue weighted by molar-refractivity contribution is -0.114. The molecule has 1 amide bonds. The van der Waals surface area contributed by atoms with Crippen LogP contribution in [-0.4, -0.2) is 5.91 Å². The van der Waals surface area contributed by atoms with Crippen molar-refractivity contribution in [3.8, 4) is 0 Å². The van der Waals surface area contributed by atoms with E-state index < -0.39 is 0 Å². The van der Waals surface area contributed by atoms with E-state index in [1.54, 1.807) is 6.26 Å². The molecule has 1 heterocycles. The fraction of sp³-hybridized carbons (Fsp3) is 0.312. The maximum atomic E-state index is 11.1. The molecular weight excluding hydrogens is 252 g/mol. The zero-order valence-electron chi connectivity index (χ0n) is 12.0. The first-order chi connectivity index (χ1) is 9.56. The first-order valence-corrected chi connectivity index (χ1v) is 6.73. The summed E-state index contributed by atoms with van der Waals surface area (Å²) in [5, 5.41) is 6.27. The van der Waals surface area contributed by atoms with Crippen LogP contribution in [0.25, 0.3) is 0 Å². The van der Waals surface area contributed by atoms with Crippen molar-refractivity contribution in [2.45, 2.75) is 32.9 Å². The number of benzene rings is 1. The van der Waals surface area contributed by atoms with Gasteiger partial charge < -0.3 is 15.1 Å². The van der Waals surface area contributed by atoms with Gasteiger partial charge in [0.15, 0.2) is 0 Å². The van der Waals surface area contributed by atoms with Gasteiger partial charge in [0.25, 0.3) is 0 Å². The Morgan fingerprint density at radius 2 is 1.95 bits per heavy atom. The Balaban J connectivity index is 2.05. The number of carbonyl (C=O) groups is 1. The molecule has 0 saturated heterocycles. The van der Waals surface area contributed by atoms with Crippen molar-refractivity contribution in [2.24, 2.45) is 0 Å². The fourth-order valence-corrected chi connectivity index (χ4v) is 2.18. The van der Waals surface area contributed by atoms with Crippen molar-refractivity contribution in [1.82, 2.24) is 5.32 Å². The summed E-state index contributed by atoms with van der Waals surface area (Å²) >= 11 is 0. The Hall–Kier alpha value is -2.07. The van der Waals surface area contributed by atoms with Gasteiger partial charge in [0.05, 0.1) is 12.3 Å². The van der Waals surface area contributed by atoms with Crippen LogP contribution in [0.5, 0.6) is 0 Å². The number of amides is 1. The molecule has 2 unspecified atom stereocenters. The molecular formula is C16H20N2O2. The van der Waals surface area contributed by atoms with Gasteiger partial charge in [-0.2, -0.15) is 0 Å². The molecule has 0 radical (unpaired) electrons. The van der Waals surface area contributed by atoms with Crippen LogP contribution < -0.4 is 10.6 Å². The third kappa shape index (κ3) is 3.71. The van der Waals surface area contributed by atoms with Crippen LogP contribution >= 0.6 is 0 Å². The van der Waals surface area contributed by atoms with Gasteiger partial charge in [0.1, 0.15) is 5.76 Å². The topological polar surface area (TPSA) is 54.3 Å². The minimum Gasteiger partial charge on any atom is -0.468 e. The van der Waals surface area contributed by atoms with Crippen molar-refractivity contribution in [2.75, 3.05) is 5.32 Å². The molecule has 1 aromatic heterocycles. The highest BCUT2D eigenvalue weighted by molar-refractivity contribution is 5.88. The second-order valence-electron chi connectivity index (χ2n) is 4.93. The number of anilines is 1. The smallest absolute Gasteiger partial charge is 0.221 e. The molecule has 4 nitrogen and oxygen atoms in total. The molecule has 0 aliphatic rings. The van der Waals surface area contributed by atoms with E-state index in [1.165, 1.54) is 6.92 Å². The Kier molecular flexibility index (Phi) is 4.58. The lowest BCUT2D eigenvalue weighted by atomic mass is 10.1. The van der Waals surface area contributed by atoms with Crippen LogP contribution in [0.4, 0.5) is 5.69 Å². The van der Waals surface area contributed by atoms with Gasteiger partial charge in [-0.3, -0.25) is 4.79 Å². The number of hydrogen-bond donors (Lipinski definition) is 2. The van der Waals surface area contributed by atoms with Gasteiger partial charge in [-0.1, -0.05) is 12.1 Å². The van der Waals surface area contributed by atoms with Crippen molar-refractivity contribution in [1.29, 1.82) is 0 Å². The minimum absolute atomic E-state index is 0.0632. The lowest BCUT2D eigenvalue weighted by Crippen LogP contribution is -2.22. The predicted molar refractivity (Wildman–Crippen MR) is 79.4 cm³/mol. The van der Waals surface area contributed by atoms with Crippen LogP contribution in [0.3, 0.4) is 0 Å². The van der Waals surface area contributed by atoms with Crippen LogP contribution in [0.2, 0.25) is 0 Å². The van der Waals surface area contributed by atoms with E-state index in [4.69, 9.17) is 4.42 Å². The van der Waals surface area contributed by atoms with Crippen LogP contribution in [0.1, 0.15) is 44.2 Å². The van der Waals surface area contributed by atoms with Crippen LogP contribution in [0, 0.1) is 0 Å². The SMILES string of the molecule is CC(=O)Nc1cccc(C(C)NC(C)c2ccco2)c1. The molecule has 2 rings (SSSR count). The standard InChI is InChI=1S/C16H20N2O2/c1-11(17-12(2)16-8-5-9-20-16)14-6-4-7-15(10-14)18-13(3)19/h4-12,17H,1-3H3,(H,18,19). The largest absolute Gasteiger partial charge is 0.468 e. The van der Waals surface area contributed by atoms with Crippen molar-refractivity contribution < 1.29 is 9.21 Å². The second kappa shape index (κ2) is 6.39. The summed E-state index contributed by atoms with van der Waals surface area (Å²) in [4.78, 5) is 11.1. The molecule has 106 valence electrons. The molecule has 2 atom stereocenters. The maximum absolute atomic E-state index is 11.1. The molecule has 4 heteroatoms. The summed E-state index contributed by atoms with van der Waals surface area (Å²) in [5.74, 6) is 0.849. The first kappa shape index (κ1) is 14.3. The van der Waals surface area contributed by atoms with Crippen LogP contribution in [-0.2, 0) is 4.79 Å². The third-order valence-electron chi connectivity index (χ3n) is 3.18. The average molecular weight is 272 g/mol. The normalized spacial score (nSPS) is 13.8. The number of nitrogens with one attached hydrogen (secondary N) is 2. The van der Waals surface area contributed by atoms with E-state index in [0.29, 0.717) is 0 Å². The predicted octanol–water partition coefficient (Wildman–Crippen LogP) is 3.65. The molecule has 2 aromatic rings. The van der Waals surface area contributed by atoms with Gasteiger partial charge in [0.2, 0.25) is 5.91 Å². The third-order valence-corrected chi connectivity index (χ3v) is 3.18. The van der Waals surface area contributed by atoms with Gasteiger partial charge in [-0.05, 0) is 43.7 Å². The van der Waals surface area contributed by atoms with Crippen LogP contribution in [0.15, 0.2) is 47.1 Å². The highest BCUT2D eigenvalue weighted by Gasteiger charge is 2.13. The Morgan fingerprint density at radius 3 is 2.60 bits per heavy atom. The monoisotopic (exact) mass is 272 g/mol. The number of rotatable bonds is 5. The molecule has 1 aromatic carbocycles. The highest BCUT2D eigenvalue weighted by Crippen LogP contribution is 2.21. The Bertz CT molecular complexity index is 564. The minimum atomic E-state index is -0.0632. The number of hydrogen-bond acceptors (Lipinski definition) is 3. The van der Waals surface area contributed by atoms with E-state index in [0.717, 1.165) is 17.0 Å². The molecule has 2 N–H and O–H groups in total. The maximum Gasteiger partial charge on any atom is 0.221 e.